The average Bonchev–Trinajstić information content (AvgIpc) is 3.05. The Bertz CT molecular complexity index is 585. The number of allylic oxidation sites excluding steroid dienone is 2. The summed E-state index contributed by atoms with van der Waals surface area (Å²) in [6.45, 7) is 1.54. The highest BCUT2D eigenvalue weighted by atomic mass is 16.2. The van der Waals surface area contributed by atoms with Crippen molar-refractivity contribution in [3.63, 3.8) is 0 Å². The third-order valence-corrected chi connectivity index (χ3v) is 4.71. The van der Waals surface area contributed by atoms with E-state index in [4.69, 9.17) is 5.73 Å². The number of hydrogen-bond acceptors (Lipinski definition) is 3. The summed E-state index contributed by atoms with van der Waals surface area (Å²) in [6, 6.07) is 1.73. The summed E-state index contributed by atoms with van der Waals surface area (Å²) in [5.74, 6) is 0.261. The van der Waals surface area contributed by atoms with Crippen molar-refractivity contribution >= 4 is 11.8 Å². The zero-order valence-electron chi connectivity index (χ0n) is 12.6. The van der Waals surface area contributed by atoms with Gasteiger partial charge in [0, 0.05) is 30.6 Å². The number of primary amides is 1. The smallest absolute Gasteiger partial charge is 0.269 e. The first-order valence-electron chi connectivity index (χ1n) is 7.94. The molecule has 1 aliphatic carbocycles. The summed E-state index contributed by atoms with van der Waals surface area (Å²) in [7, 11) is 0. The van der Waals surface area contributed by atoms with Crippen molar-refractivity contribution in [2.45, 2.75) is 38.0 Å². The number of H-pyrrole nitrogens is 1. The number of nitrogens with two attached hydrogens (primary N) is 1. The van der Waals surface area contributed by atoms with Crippen LogP contribution in [0.25, 0.3) is 0 Å². The van der Waals surface area contributed by atoms with Crippen molar-refractivity contribution in [2.24, 2.45) is 11.7 Å². The second kappa shape index (κ2) is 6.34. The zero-order valence-corrected chi connectivity index (χ0v) is 12.6. The molecule has 6 heteroatoms. The molecule has 1 aromatic rings. The number of nitrogens with one attached hydrogen (secondary N) is 1. The van der Waals surface area contributed by atoms with E-state index in [0.717, 1.165) is 50.9 Å². The fourth-order valence-electron chi connectivity index (χ4n) is 3.36. The number of carbonyl (C=O) groups excluding carboxylic acids is 2. The van der Waals surface area contributed by atoms with Gasteiger partial charge in [0.15, 0.2) is 0 Å². The molecular weight excluding hydrogens is 280 g/mol. The minimum absolute atomic E-state index is 0.162. The van der Waals surface area contributed by atoms with Crippen LogP contribution >= 0.6 is 0 Å². The van der Waals surface area contributed by atoms with E-state index in [-0.39, 0.29) is 11.6 Å². The molecule has 0 bridgehead atoms. The Labute approximate surface area is 129 Å². The van der Waals surface area contributed by atoms with Gasteiger partial charge in [0.1, 0.15) is 5.69 Å². The lowest BCUT2D eigenvalue weighted by Gasteiger charge is -2.34. The molecule has 0 radical (unpaired) electrons. The fourth-order valence-corrected chi connectivity index (χ4v) is 3.36. The van der Waals surface area contributed by atoms with Crippen LogP contribution < -0.4 is 5.73 Å². The molecule has 1 aromatic heterocycles. The highest BCUT2D eigenvalue weighted by Crippen LogP contribution is 2.29. The summed E-state index contributed by atoms with van der Waals surface area (Å²) < 4.78 is 0. The molecule has 0 spiro atoms. The SMILES string of the molecule is NC(=O)c1cc(C2CCN(C(=O)[C@H]3CC=CCC3)CC2)[nH]n1. The number of rotatable bonds is 3. The molecular formula is C16H22N4O2. The number of piperidine rings is 1. The Kier molecular flexibility index (Phi) is 4.27. The van der Waals surface area contributed by atoms with Crippen LogP contribution in [0, 0.1) is 5.92 Å². The van der Waals surface area contributed by atoms with E-state index in [2.05, 4.69) is 22.3 Å². The van der Waals surface area contributed by atoms with Gasteiger partial charge < -0.3 is 10.6 Å². The highest BCUT2D eigenvalue weighted by Gasteiger charge is 2.29. The van der Waals surface area contributed by atoms with Crippen LogP contribution in [-0.4, -0.2) is 40.0 Å². The first-order chi connectivity index (χ1) is 10.6. The van der Waals surface area contributed by atoms with Gasteiger partial charge in [0.05, 0.1) is 0 Å². The molecule has 1 atom stereocenters. The maximum Gasteiger partial charge on any atom is 0.269 e. The minimum atomic E-state index is -0.513. The number of aromatic amines is 1. The van der Waals surface area contributed by atoms with Crippen molar-refractivity contribution in [2.75, 3.05) is 13.1 Å². The predicted octanol–water partition coefficient (Wildman–Crippen LogP) is 1.57. The molecule has 3 rings (SSSR count). The van der Waals surface area contributed by atoms with Gasteiger partial charge in [-0.3, -0.25) is 14.7 Å². The number of likely N-dealkylation sites (tertiary alicyclic amines) is 1. The molecule has 3 N–H and O–H groups in total. The van der Waals surface area contributed by atoms with Gasteiger partial charge >= 0.3 is 0 Å². The molecule has 0 aromatic carbocycles. The summed E-state index contributed by atoms with van der Waals surface area (Å²) >= 11 is 0. The standard InChI is InChI=1S/C16H22N4O2/c17-15(21)14-10-13(18-19-14)11-6-8-20(9-7-11)16(22)12-4-2-1-3-5-12/h1-2,10-12H,3-9H2,(H2,17,21)(H,18,19)/t12-/m0/s1. The Balaban J connectivity index is 1.56. The van der Waals surface area contributed by atoms with Crippen molar-refractivity contribution in [1.82, 2.24) is 15.1 Å². The molecule has 22 heavy (non-hydrogen) atoms. The molecule has 6 nitrogen and oxygen atoms in total. The van der Waals surface area contributed by atoms with Crippen molar-refractivity contribution in [3.05, 3.63) is 29.6 Å². The summed E-state index contributed by atoms with van der Waals surface area (Å²) in [5, 5.41) is 6.83. The molecule has 1 aliphatic heterocycles. The van der Waals surface area contributed by atoms with Crippen molar-refractivity contribution in [3.8, 4) is 0 Å². The molecule has 1 fully saturated rings. The lowest BCUT2D eigenvalue weighted by atomic mass is 9.89. The van der Waals surface area contributed by atoms with Crippen LogP contribution in [-0.2, 0) is 4.79 Å². The van der Waals surface area contributed by atoms with Gasteiger partial charge in [-0.25, -0.2) is 0 Å². The zero-order chi connectivity index (χ0) is 15.5. The van der Waals surface area contributed by atoms with Crippen LogP contribution in [0.3, 0.4) is 0 Å². The van der Waals surface area contributed by atoms with Crippen molar-refractivity contribution < 1.29 is 9.59 Å². The quantitative estimate of drug-likeness (QED) is 0.830. The number of aromatic nitrogens is 2. The van der Waals surface area contributed by atoms with E-state index in [1.165, 1.54) is 0 Å². The monoisotopic (exact) mass is 302 g/mol. The first kappa shape index (κ1) is 14.8. The average molecular weight is 302 g/mol. The van der Waals surface area contributed by atoms with E-state index in [9.17, 15) is 9.59 Å². The third-order valence-electron chi connectivity index (χ3n) is 4.71. The number of nitrogens with zero attached hydrogens (tertiary/aromatic N) is 2. The Hall–Kier alpha value is -2.11. The highest BCUT2D eigenvalue weighted by molar-refractivity contribution is 5.90. The lowest BCUT2D eigenvalue weighted by molar-refractivity contribution is -0.136. The lowest BCUT2D eigenvalue weighted by Crippen LogP contribution is -2.41. The van der Waals surface area contributed by atoms with E-state index < -0.39 is 5.91 Å². The van der Waals surface area contributed by atoms with E-state index in [0.29, 0.717) is 11.8 Å². The van der Waals surface area contributed by atoms with Gasteiger partial charge in [-0.05, 0) is 38.2 Å². The molecule has 2 aliphatic rings. The molecule has 0 saturated carbocycles. The van der Waals surface area contributed by atoms with E-state index in [1.54, 1.807) is 6.07 Å². The number of hydrogen-bond donors (Lipinski definition) is 2. The number of carbonyl (C=O) groups is 2. The molecule has 118 valence electrons. The van der Waals surface area contributed by atoms with Crippen LogP contribution in [0.4, 0.5) is 0 Å². The third kappa shape index (κ3) is 3.05. The largest absolute Gasteiger partial charge is 0.364 e. The van der Waals surface area contributed by atoms with E-state index in [1.807, 2.05) is 4.90 Å². The number of amides is 2. The summed E-state index contributed by atoms with van der Waals surface area (Å²) in [6.07, 6.45) is 8.93. The van der Waals surface area contributed by atoms with Gasteiger partial charge in [-0.2, -0.15) is 5.10 Å². The second-order valence-electron chi connectivity index (χ2n) is 6.15. The summed E-state index contributed by atoms with van der Waals surface area (Å²) in [4.78, 5) is 25.6. The molecule has 1 saturated heterocycles. The minimum Gasteiger partial charge on any atom is -0.364 e. The van der Waals surface area contributed by atoms with Crippen LogP contribution in [0.5, 0.6) is 0 Å². The molecule has 2 amide bonds. The van der Waals surface area contributed by atoms with Gasteiger partial charge in [-0.1, -0.05) is 12.2 Å². The van der Waals surface area contributed by atoms with Gasteiger partial charge in [0.2, 0.25) is 5.91 Å². The van der Waals surface area contributed by atoms with Gasteiger partial charge in [-0.15, -0.1) is 0 Å². The summed E-state index contributed by atoms with van der Waals surface area (Å²) in [5.41, 5.74) is 6.45. The normalized spacial score (nSPS) is 22.7. The van der Waals surface area contributed by atoms with Crippen LogP contribution in [0.2, 0.25) is 0 Å². The van der Waals surface area contributed by atoms with E-state index >= 15 is 0 Å². The topological polar surface area (TPSA) is 92.1 Å². The van der Waals surface area contributed by atoms with Crippen LogP contribution in [0.15, 0.2) is 18.2 Å². The van der Waals surface area contributed by atoms with Gasteiger partial charge in [0.25, 0.3) is 5.91 Å². The molecule has 2 heterocycles. The molecule has 0 unspecified atom stereocenters. The second-order valence-corrected chi connectivity index (χ2v) is 6.15. The predicted molar refractivity (Wildman–Crippen MR) is 82.1 cm³/mol. The first-order valence-corrected chi connectivity index (χ1v) is 7.94. The van der Waals surface area contributed by atoms with Crippen molar-refractivity contribution in [1.29, 1.82) is 0 Å². The maximum atomic E-state index is 12.5. The Morgan fingerprint density at radius 3 is 2.59 bits per heavy atom. The van der Waals surface area contributed by atoms with Crippen LogP contribution in [0.1, 0.15) is 54.2 Å². The Morgan fingerprint density at radius 1 is 1.23 bits per heavy atom. The maximum absolute atomic E-state index is 12.5. The fraction of sp³-hybridized carbons (Fsp3) is 0.562. The Morgan fingerprint density at radius 2 is 2.00 bits per heavy atom.